The summed E-state index contributed by atoms with van der Waals surface area (Å²) >= 11 is 0. The van der Waals surface area contributed by atoms with Gasteiger partial charge < -0.3 is 0 Å². The van der Waals surface area contributed by atoms with Crippen LogP contribution in [0.3, 0.4) is 0 Å². The van der Waals surface area contributed by atoms with Crippen LogP contribution in [-0.2, 0) is 58.3 Å². The van der Waals surface area contributed by atoms with Gasteiger partial charge in [0.15, 0.2) is 0 Å². The van der Waals surface area contributed by atoms with Crippen LogP contribution in [0.15, 0.2) is 0 Å². The third-order valence-electron chi connectivity index (χ3n) is 0. The van der Waals surface area contributed by atoms with Crippen LogP contribution < -0.4 is 0 Å². The zero-order valence-corrected chi connectivity index (χ0v) is 11.5. The second-order valence-electron chi connectivity index (χ2n) is 0. The third-order valence-corrected chi connectivity index (χ3v) is 0. The Bertz CT molecular complexity index is 11.6. The van der Waals surface area contributed by atoms with E-state index in [-0.39, 0.29) is 93.7 Å². The van der Waals surface area contributed by atoms with E-state index in [4.69, 9.17) is 0 Å². The number of hydrogen-bond acceptors (Lipinski definition) is 0. The zero-order valence-electron chi connectivity index (χ0n) is 2.46. The molecule has 0 N–H and O–H groups in total. The van der Waals surface area contributed by atoms with Crippen molar-refractivity contribution in [2.45, 2.75) is 0 Å². The van der Waals surface area contributed by atoms with Gasteiger partial charge in [-0.15, -0.1) is 0 Å². The normalized spacial score (nSPS) is 0. The molecule has 0 aromatic heterocycles. The molecule has 0 saturated heterocycles. The molecule has 0 heterocycles. The molecule has 0 nitrogen and oxygen atoms in total. The van der Waals surface area contributed by atoms with Gasteiger partial charge in [0.2, 0.25) is 0 Å². The first-order chi connectivity index (χ1) is 0. The molecule has 0 spiro atoms. The molecule has 0 fully saturated rings. The molecule has 0 aromatic carbocycles. The fraction of sp³-hybridized carbons (Fsp3) is 0. The van der Waals surface area contributed by atoms with Gasteiger partial charge in [-0.05, 0) is 0 Å². The topological polar surface area (TPSA) is 0 Å². The Morgan fingerprint density at radius 3 is 1.00 bits per heavy atom. The van der Waals surface area contributed by atoms with E-state index in [0.717, 1.165) is 0 Å². The van der Waals surface area contributed by atoms with Crippen molar-refractivity contribution in [2.75, 3.05) is 0 Å². The number of hydrogen-bond donors (Lipinski definition) is 0. The van der Waals surface area contributed by atoms with Crippen LogP contribution in [0.2, 0.25) is 0 Å². The van der Waals surface area contributed by atoms with E-state index >= 15 is 0 Å². The summed E-state index contributed by atoms with van der Waals surface area (Å²) in [5.74, 6) is 0. The van der Waals surface area contributed by atoms with Gasteiger partial charge in [-0.2, -0.15) is 0 Å². The Balaban J connectivity index is 0. The first-order valence-electron chi connectivity index (χ1n) is 0. The molecular weight excluding hydrogens is 327 g/mol. The molecule has 0 saturated carbocycles. The monoisotopic (exact) mass is 324 g/mol. The van der Waals surface area contributed by atoms with E-state index in [2.05, 4.69) is 0 Å². The minimum atomic E-state index is 0. The second-order valence-corrected chi connectivity index (χ2v) is 0. The maximum Gasteiger partial charge on any atom is 0 e. The SMILES string of the molecule is [Cu].[Sb].[Si].[Ti].[Zn]. The molecule has 8 radical (unpaired) electrons. The molecule has 0 atom stereocenters. The average Bonchev–Trinajstić information content (AvgIpc) is 0. The predicted molar refractivity (Wildman–Crippen MR) is 11.5 cm³/mol. The van der Waals surface area contributed by atoms with Crippen LogP contribution >= 0.6 is 0 Å². The summed E-state index contributed by atoms with van der Waals surface area (Å²) in [5, 5.41) is 0. The minimum Gasteiger partial charge on any atom is 0 e. The molecule has 0 rings (SSSR count). The van der Waals surface area contributed by atoms with Gasteiger partial charge in [0.1, 0.15) is 0 Å². The van der Waals surface area contributed by atoms with Crippen LogP contribution in [-0.4, -0.2) is 35.4 Å². The third kappa shape index (κ3) is 19.7. The molecule has 26 valence electrons. The molecule has 0 aliphatic rings. The summed E-state index contributed by atoms with van der Waals surface area (Å²) in [6, 6.07) is 0. The molecule has 0 aliphatic heterocycles. The van der Waals surface area contributed by atoms with Gasteiger partial charge in [0.05, 0.1) is 0 Å². The average molecular weight is 327 g/mol. The van der Waals surface area contributed by atoms with Crippen molar-refractivity contribution in [1.82, 2.24) is 0 Å². The van der Waals surface area contributed by atoms with Crippen LogP contribution in [0, 0.1) is 0 Å². The van der Waals surface area contributed by atoms with Crippen LogP contribution in [0.25, 0.3) is 0 Å². The largest absolute Gasteiger partial charge is 0 e. The van der Waals surface area contributed by atoms with Crippen molar-refractivity contribution in [3.8, 4) is 0 Å². The smallest absolute Gasteiger partial charge is 0 e. The van der Waals surface area contributed by atoms with E-state index < -0.39 is 0 Å². The van der Waals surface area contributed by atoms with Gasteiger partial charge in [-0.1, -0.05) is 0 Å². The maximum absolute atomic E-state index is 0. The van der Waals surface area contributed by atoms with E-state index in [1.54, 1.807) is 0 Å². The van der Waals surface area contributed by atoms with Gasteiger partial charge in [-0.25, -0.2) is 0 Å². The van der Waals surface area contributed by atoms with Crippen molar-refractivity contribution in [1.29, 1.82) is 0 Å². The Morgan fingerprint density at radius 2 is 1.00 bits per heavy atom. The van der Waals surface area contributed by atoms with E-state index in [0.29, 0.717) is 0 Å². The first-order valence-corrected chi connectivity index (χ1v) is 0. The molecule has 5 heavy (non-hydrogen) atoms. The molecule has 0 bridgehead atoms. The van der Waals surface area contributed by atoms with Crippen LogP contribution in [0.5, 0.6) is 0 Å². The van der Waals surface area contributed by atoms with E-state index in [9.17, 15) is 0 Å². The zero-order chi connectivity index (χ0) is 0. The molecule has 0 unspecified atom stereocenters. The summed E-state index contributed by atoms with van der Waals surface area (Å²) < 4.78 is 0. The summed E-state index contributed by atoms with van der Waals surface area (Å²) in [6.07, 6.45) is 0. The molecule has 0 amide bonds. The first kappa shape index (κ1) is 44.8. The Hall–Kier alpha value is 2.89. The summed E-state index contributed by atoms with van der Waals surface area (Å²) in [4.78, 5) is 0. The van der Waals surface area contributed by atoms with Crippen molar-refractivity contribution >= 4 is 35.4 Å². The van der Waals surface area contributed by atoms with Crippen LogP contribution in [0.1, 0.15) is 0 Å². The summed E-state index contributed by atoms with van der Waals surface area (Å²) in [6.45, 7) is 0. The fourth-order valence-electron chi connectivity index (χ4n) is 0. The van der Waals surface area contributed by atoms with Crippen molar-refractivity contribution < 1.29 is 58.3 Å². The summed E-state index contributed by atoms with van der Waals surface area (Å²) in [7, 11) is 0. The maximum atomic E-state index is 0. The van der Waals surface area contributed by atoms with Gasteiger partial charge in [0, 0.05) is 93.7 Å². The fourth-order valence-corrected chi connectivity index (χ4v) is 0. The minimum absolute atomic E-state index is 0. The van der Waals surface area contributed by atoms with E-state index in [1.165, 1.54) is 0 Å². The Kier molecular flexibility index (Phi) is 256. The van der Waals surface area contributed by atoms with Crippen LogP contribution in [0.4, 0.5) is 0 Å². The molecule has 5 heteroatoms. The van der Waals surface area contributed by atoms with Gasteiger partial charge >= 0.3 is 0 Å². The van der Waals surface area contributed by atoms with Gasteiger partial charge in [0.25, 0.3) is 0 Å². The summed E-state index contributed by atoms with van der Waals surface area (Å²) in [5.41, 5.74) is 0. The molecule has 0 aliphatic carbocycles. The standard InChI is InChI=1S/Cu.Sb.Si.Ti.Zn. The Labute approximate surface area is 92.2 Å². The second kappa shape index (κ2) is 28.6. The van der Waals surface area contributed by atoms with E-state index in [1.807, 2.05) is 0 Å². The van der Waals surface area contributed by atoms with Crippen molar-refractivity contribution in [3.63, 3.8) is 0 Å². The predicted octanol–water partition coefficient (Wildman–Crippen LogP) is -0.769. The quantitative estimate of drug-likeness (QED) is 0.513. The van der Waals surface area contributed by atoms with Crippen molar-refractivity contribution in [3.05, 3.63) is 0 Å². The van der Waals surface area contributed by atoms with Crippen molar-refractivity contribution in [2.24, 2.45) is 0 Å². The Morgan fingerprint density at radius 1 is 1.00 bits per heavy atom. The number of rotatable bonds is 0. The molecule has 0 aromatic rings. The van der Waals surface area contributed by atoms with Gasteiger partial charge in [-0.3, -0.25) is 0 Å². The molecular formula is CuSbSiTiZn.